The topological polar surface area (TPSA) is 95.0 Å². The van der Waals surface area contributed by atoms with Crippen molar-refractivity contribution in [2.75, 3.05) is 30.3 Å². The lowest BCUT2D eigenvalue weighted by molar-refractivity contribution is 0.585. The highest BCUT2D eigenvalue weighted by atomic mass is 35.5. The van der Waals surface area contributed by atoms with Crippen molar-refractivity contribution in [1.82, 2.24) is 20.4 Å². The smallest absolute Gasteiger partial charge is 0.272 e. The Kier molecular flexibility index (Phi) is 5.83. The fourth-order valence-electron chi connectivity index (χ4n) is 4.23. The molecule has 0 bridgehead atoms. The normalized spacial score (nSPS) is 15.7. The number of aromatic amines is 1. The first-order valence-corrected chi connectivity index (χ1v) is 13.0. The standard InChI is InChI=1S/C23H20ClFN5O2P/c24-21-7-8-22(28-27-21)30-9-11-33(32,12-10-30)20-14-15(5-6-18(20)25)13-19-16-3-1-2-4-17(16)23(31)29-26-19/h1-8,14,32H,9-13H2/p+1. The highest BCUT2D eigenvalue weighted by Gasteiger charge is 2.45. The predicted molar refractivity (Wildman–Crippen MR) is 129 cm³/mol. The Bertz CT molecular complexity index is 1370. The van der Waals surface area contributed by atoms with E-state index in [2.05, 4.69) is 20.4 Å². The van der Waals surface area contributed by atoms with Crippen LogP contribution in [0.4, 0.5) is 10.2 Å². The van der Waals surface area contributed by atoms with Gasteiger partial charge in [-0.1, -0.05) is 35.9 Å². The molecule has 5 rings (SSSR count). The van der Waals surface area contributed by atoms with E-state index < -0.39 is 13.3 Å². The number of benzene rings is 2. The van der Waals surface area contributed by atoms with Crippen molar-refractivity contribution in [2.45, 2.75) is 6.42 Å². The highest BCUT2D eigenvalue weighted by molar-refractivity contribution is 7.77. The molecule has 0 saturated carbocycles. The quantitative estimate of drug-likeness (QED) is 0.432. The molecule has 168 valence electrons. The Balaban J connectivity index is 1.40. The Morgan fingerprint density at radius 3 is 2.55 bits per heavy atom. The first-order valence-electron chi connectivity index (χ1n) is 10.5. The summed E-state index contributed by atoms with van der Waals surface area (Å²) in [6.07, 6.45) is 1.33. The van der Waals surface area contributed by atoms with Crippen LogP contribution in [0.1, 0.15) is 11.3 Å². The average Bonchev–Trinajstić information content (AvgIpc) is 2.83. The molecule has 2 N–H and O–H groups in total. The van der Waals surface area contributed by atoms with Crippen LogP contribution in [-0.4, -0.2) is 50.7 Å². The number of anilines is 1. The molecule has 1 saturated heterocycles. The maximum absolute atomic E-state index is 14.9. The summed E-state index contributed by atoms with van der Waals surface area (Å²) in [4.78, 5) is 25.5. The van der Waals surface area contributed by atoms with Gasteiger partial charge in [0.25, 0.3) is 5.56 Å². The molecule has 10 heteroatoms. The number of fused-ring (bicyclic) bond motifs is 1. The van der Waals surface area contributed by atoms with Crippen LogP contribution in [-0.2, 0) is 6.42 Å². The highest BCUT2D eigenvalue weighted by Crippen LogP contribution is 2.55. The lowest BCUT2D eigenvalue weighted by atomic mass is 10.0. The number of hydrogen-bond donors (Lipinski definition) is 2. The van der Waals surface area contributed by atoms with Crippen LogP contribution in [0, 0.1) is 5.82 Å². The summed E-state index contributed by atoms with van der Waals surface area (Å²) >= 11 is 5.82. The van der Waals surface area contributed by atoms with Crippen molar-refractivity contribution < 1.29 is 9.28 Å². The minimum absolute atomic E-state index is 0.244. The number of aromatic nitrogens is 4. The lowest BCUT2D eigenvalue weighted by Gasteiger charge is -2.32. The van der Waals surface area contributed by atoms with Crippen molar-refractivity contribution in [2.24, 2.45) is 0 Å². The summed E-state index contributed by atoms with van der Waals surface area (Å²) in [6.45, 7) is 1.10. The maximum Gasteiger partial charge on any atom is 0.272 e. The van der Waals surface area contributed by atoms with Crippen LogP contribution in [0.5, 0.6) is 0 Å². The molecule has 2 aromatic carbocycles. The molecule has 0 aliphatic carbocycles. The van der Waals surface area contributed by atoms with E-state index in [1.165, 1.54) is 6.07 Å². The number of nitrogens with one attached hydrogen (secondary N) is 1. The van der Waals surface area contributed by atoms with Gasteiger partial charge in [-0.2, -0.15) is 5.10 Å². The first kappa shape index (κ1) is 21.9. The van der Waals surface area contributed by atoms with Crippen molar-refractivity contribution in [3.05, 3.63) is 87.2 Å². The molecule has 1 aliphatic heterocycles. The zero-order valence-corrected chi connectivity index (χ0v) is 19.2. The summed E-state index contributed by atoms with van der Waals surface area (Å²) in [5.74, 6) is 0.296. The Labute approximate surface area is 194 Å². The summed E-state index contributed by atoms with van der Waals surface area (Å²) < 4.78 is 14.9. The number of H-pyrrole nitrogens is 1. The molecule has 4 aromatic rings. The van der Waals surface area contributed by atoms with Crippen LogP contribution < -0.4 is 15.8 Å². The molecule has 1 fully saturated rings. The van der Waals surface area contributed by atoms with Crippen molar-refractivity contribution >= 4 is 41.0 Å². The monoisotopic (exact) mass is 484 g/mol. The zero-order chi connectivity index (χ0) is 23.0. The summed E-state index contributed by atoms with van der Waals surface area (Å²) in [7, 11) is -2.68. The molecule has 0 atom stereocenters. The Hall–Kier alpha value is -2.93. The summed E-state index contributed by atoms with van der Waals surface area (Å²) in [6, 6.07) is 15.6. The van der Waals surface area contributed by atoms with Gasteiger partial charge < -0.3 is 4.90 Å². The number of hydrogen-bond acceptors (Lipinski definition) is 6. The Morgan fingerprint density at radius 2 is 1.82 bits per heavy atom. The van der Waals surface area contributed by atoms with E-state index >= 15 is 0 Å². The molecule has 0 amide bonds. The lowest BCUT2D eigenvalue weighted by Crippen LogP contribution is -2.40. The van der Waals surface area contributed by atoms with Gasteiger partial charge in [-0.3, -0.25) is 4.79 Å². The number of nitrogens with zero attached hydrogens (tertiary/aromatic N) is 4. The molecule has 1 aliphatic rings. The third-order valence-electron chi connectivity index (χ3n) is 6.03. The van der Waals surface area contributed by atoms with Crippen molar-refractivity contribution in [3.63, 3.8) is 0 Å². The van der Waals surface area contributed by atoms with Gasteiger partial charge in [-0.05, 0) is 35.9 Å². The van der Waals surface area contributed by atoms with E-state index in [0.717, 1.165) is 10.9 Å². The number of rotatable bonds is 4. The molecule has 2 aromatic heterocycles. The van der Waals surface area contributed by atoms with Gasteiger partial charge in [-0.15, -0.1) is 10.2 Å². The molecular formula is C23H21ClFN5O2P+. The molecular weight excluding hydrogens is 464 g/mol. The molecule has 0 unspecified atom stereocenters. The molecule has 7 nitrogen and oxygen atoms in total. The predicted octanol–water partition coefficient (Wildman–Crippen LogP) is 3.17. The SMILES string of the molecule is O=c1[nH]nc(Cc2ccc(F)c([P+]3(O)CCN(c4ccc(Cl)nn4)CC3)c2)c2ccccc12. The van der Waals surface area contributed by atoms with Crippen molar-refractivity contribution in [1.29, 1.82) is 0 Å². The summed E-state index contributed by atoms with van der Waals surface area (Å²) in [5.41, 5.74) is 1.28. The van der Waals surface area contributed by atoms with Crippen LogP contribution in [0.2, 0.25) is 5.15 Å². The fraction of sp³-hybridized carbons (Fsp3) is 0.217. The van der Waals surface area contributed by atoms with Crippen LogP contribution in [0.15, 0.2) is 59.4 Å². The van der Waals surface area contributed by atoms with E-state index in [1.807, 2.05) is 17.0 Å². The van der Waals surface area contributed by atoms with Gasteiger partial charge >= 0.3 is 0 Å². The van der Waals surface area contributed by atoms with Gasteiger partial charge in [0.15, 0.2) is 29.6 Å². The van der Waals surface area contributed by atoms with E-state index in [0.29, 0.717) is 59.2 Å². The third kappa shape index (κ3) is 4.34. The molecule has 0 spiro atoms. The molecule has 33 heavy (non-hydrogen) atoms. The second-order valence-corrected chi connectivity index (χ2v) is 11.7. The second-order valence-electron chi connectivity index (χ2n) is 8.08. The van der Waals surface area contributed by atoms with Crippen LogP contribution in [0.25, 0.3) is 10.8 Å². The average molecular weight is 485 g/mol. The Morgan fingerprint density at radius 1 is 1.06 bits per heavy atom. The van der Waals surface area contributed by atoms with Crippen molar-refractivity contribution in [3.8, 4) is 0 Å². The maximum atomic E-state index is 14.9. The minimum Gasteiger partial charge on any atom is -0.348 e. The van der Waals surface area contributed by atoms with Gasteiger partial charge in [0.1, 0.15) is 12.3 Å². The van der Waals surface area contributed by atoms with Gasteiger partial charge in [0.05, 0.1) is 24.2 Å². The van der Waals surface area contributed by atoms with Crippen LogP contribution in [0.3, 0.4) is 0 Å². The molecule has 0 radical (unpaired) electrons. The van der Waals surface area contributed by atoms with Gasteiger partial charge in [0, 0.05) is 11.8 Å². The number of halogens is 2. The van der Waals surface area contributed by atoms with E-state index in [4.69, 9.17) is 11.6 Å². The van der Waals surface area contributed by atoms with Gasteiger partial charge in [0.2, 0.25) is 0 Å². The summed E-state index contributed by atoms with van der Waals surface area (Å²) in [5, 5.41) is 16.8. The minimum atomic E-state index is -2.68. The van der Waals surface area contributed by atoms with E-state index in [-0.39, 0.29) is 5.56 Å². The first-order chi connectivity index (χ1) is 15.9. The van der Waals surface area contributed by atoms with Crippen LogP contribution >= 0.6 is 19.1 Å². The van der Waals surface area contributed by atoms with E-state index in [1.54, 1.807) is 36.4 Å². The fourth-order valence-corrected chi connectivity index (χ4v) is 7.06. The second kappa shape index (κ2) is 8.78. The largest absolute Gasteiger partial charge is 0.348 e. The van der Waals surface area contributed by atoms with E-state index in [9.17, 15) is 14.1 Å². The third-order valence-corrected chi connectivity index (χ3v) is 9.35. The zero-order valence-electron chi connectivity index (χ0n) is 17.6. The van der Waals surface area contributed by atoms with Gasteiger partial charge in [-0.25, -0.2) is 14.4 Å². The molecule has 3 heterocycles.